The minimum absolute atomic E-state index is 0.279. The number of nitrogens with one attached hydrogen (secondary N) is 2. The highest BCUT2D eigenvalue weighted by atomic mass is 19.1. The Morgan fingerprint density at radius 1 is 1.08 bits per heavy atom. The molecule has 4 heterocycles. The quantitative estimate of drug-likeness (QED) is 0.380. The lowest BCUT2D eigenvalue weighted by Crippen LogP contribution is -2.23. The summed E-state index contributed by atoms with van der Waals surface area (Å²) >= 11 is 0. The molecule has 0 saturated carbocycles. The van der Waals surface area contributed by atoms with Crippen LogP contribution in [0.3, 0.4) is 0 Å². The number of nitrogens with zero attached hydrogens (tertiary/aromatic N) is 4. The van der Waals surface area contributed by atoms with Gasteiger partial charge < -0.3 is 9.88 Å². The summed E-state index contributed by atoms with van der Waals surface area (Å²) in [6.07, 6.45) is 9.36. The fourth-order valence-electron chi connectivity index (χ4n) is 4.33. The van der Waals surface area contributed by atoms with Gasteiger partial charge in [-0.3, -0.25) is 15.1 Å². The summed E-state index contributed by atoms with van der Waals surface area (Å²) < 4.78 is 14.1. The van der Waals surface area contributed by atoms with Crippen LogP contribution >= 0.6 is 0 Å². The first-order valence-corrected chi connectivity index (χ1v) is 11.6. The predicted molar refractivity (Wildman–Crippen MR) is 145 cm³/mol. The molecule has 7 heteroatoms. The van der Waals surface area contributed by atoms with Crippen LogP contribution in [0.4, 0.5) is 10.1 Å². The van der Waals surface area contributed by atoms with Gasteiger partial charge >= 0.3 is 0 Å². The number of aryl methyl sites for hydroxylation is 1. The average Bonchev–Trinajstić information content (AvgIpc) is 3.47. The zero-order valence-electron chi connectivity index (χ0n) is 20.7. The Balaban J connectivity index is 1.64. The van der Waals surface area contributed by atoms with E-state index in [-0.39, 0.29) is 5.82 Å². The van der Waals surface area contributed by atoms with Crippen LogP contribution in [0.1, 0.15) is 18.1 Å². The number of allylic oxidation sites excluding steroid dienone is 1. The summed E-state index contributed by atoms with van der Waals surface area (Å²) in [4.78, 5) is 14.4. The van der Waals surface area contributed by atoms with Gasteiger partial charge in [0, 0.05) is 53.7 Å². The van der Waals surface area contributed by atoms with E-state index in [9.17, 15) is 4.39 Å². The van der Waals surface area contributed by atoms with Gasteiger partial charge in [0.05, 0.1) is 28.6 Å². The van der Waals surface area contributed by atoms with Crippen molar-refractivity contribution in [1.29, 1.82) is 0 Å². The van der Waals surface area contributed by atoms with Gasteiger partial charge in [-0.2, -0.15) is 5.10 Å². The summed E-state index contributed by atoms with van der Waals surface area (Å²) in [5.41, 5.74) is 7.55. The van der Waals surface area contributed by atoms with Crippen LogP contribution in [0.2, 0.25) is 0 Å². The zero-order chi connectivity index (χ0) is 25.4. The first kappa shape index (κ1) is 23.2. The molecule has 1 aromatic carbocycles. The molecule has 0 amide bonds. The Labute approximate surface area is 208 Å². The Hall–Kier alpha value is -4.52. The molecule has 0 bridgehead atoms. The van der Waals surface area contributed by atoms with Crippen molar-refractivity contribution in [3.05, 3.63) is 89.1 Å². The summed E-state index contributed by atoms with van der Waals surface area (Å²) in [7, 11) is 3.96. The average molecular weight is 479 g/mol. The van der Waals surface area contributed by atoms with Gasteiger partial charge in [-0.25, -0.2) is 4.39 Å². The van der Waals surface area contributed by atoms with Crippen molar-refractivity contribution >= 4 is 34.3 Å². The number of aromatic nitrogens is 5. The van der Waals surface area contributed by atoms with Gasteiger partial charge in [0.2, 0.25) is 0 Å². The highest BCUT2D eigenvalue weighted by Gasteiger charge is 2.14. The van der Waals surface area contributed by atoms with E-state index in [0.29, 0.717) is 0 Å². The molecule has 0 aliphatic heterocycles. The standard InChI is InChI=1S/C29H27FN6/c1-6-25-23(11-18(3)20-13-22(36(4)5)16-31-15-20)29(35-34-25)27-14-24-26(33-27)7-8-32-28(24)19-9-17(2)10-21(30)12-19/h6-16,33-34H,3H2,1-2,4-5H3/b23-11+,25-6+. The Bertz CT molecular complexity index is 1700. The van der Waals surface area contributed by atoms with Crippen molar-refractivity contribution in [2.75, 3.05) is 19.0 Å². The summed E-state index contributed by atoms with van der Waals surface area (Å²) in [5, 5.41) is 10.4. The minimum Gasteiger partial charge on any atom is -0.376 e. The third-order valence-corrected chi connectivity index (χ3v) is 6.17. The largest absolute Gasteiger partial charge is 0.376 e. The molecular weight excluding hydrogens is 451 g/mol. The van der Waals surface area contributed by atoms with Gasteiger partial charge in [-0.05, 0) is 67.5 Å². The maximum atomic E-state index is 14.1. The smallest absolute Gasteiger partial charge is 0.124 e. The number of fused-ring (bicyclic) bond motifs is 1. The van der Waals surface area contributed by atoms with Gasteiger partial charge in [0.1, 0.15) is 11.5 Å². The van der Waals surface area contributed by atoms with Crippen LogP contribution in [0.5, 0.6) is 0 Å². The monoisotopic (exact) mass is 478 g/mol. The second kappa shape index (κ2) is 9.26. The molecule has 0 radical (unpaired) electrons. The number of pyridine rings is 2. The lowest BCUT2D eigenvalue weighted by molar-refractivity contribution is 0.627. The molecule has 0 aliphatic rings. The topological polar surface area (TPSA) is 73.5 Å². The number of aromatic amines is 2. The number of halogens is 1. The van der Waals surface area contributed by atoms with Crippen LogP contribution in [0, 0.1) is 12.7 Å². The lowest BCUT2D eigenvalue weighted by Gasteiger charge is -2.12. The third kappa shape index (κ3) is 4.31. The fraction of sp³-hybridized carbons (Fsp3) is 0.138. The van der Waals surface area contributed by atoms with Crippen molar-refractivity contribution in [3.63, 3.8) is 0 Å². The molecule has 0 atom stereocenters. The van der Waals surface area contributed by atoms with Gasteiger partial charge in [0.15, 0.2) is 0 Å². The number of hydrogen-bond donors (Lipinski definition) is 2. The molecule has 0 aliphatic carbocycles. The number of hydrogen-bond acceptors (Lipinski definition) is 4. The molecule has 5 rings (SSSR count). The molecule has 2 N–H and O–H groups in total. The Kier molecular flexibility index (Phi) is 5.98. The van der Waals surface area contributed by atoms with Crippen LogP contribution < -0.4 is 15.5 Å². The summed E-state index contributed by atoms with van der Waals surface area (Å²) in [6, 6.07) is 10.9. The van der Waals surface area contributed by atoms with Crippen LogP contribution in [0.25, 0.3) is 51.3 Å². The SMILES string of the molecule is C=C(/C=c1/c(-c2cc3c(-c4cc(C)cc(F)c4)nccc3[nH]2)n[nH]/c1=C/C)c1cncc(N(C)C)c1. The predicted octanol–water partition coefficient (Wildman–Crippen LogP) is 4.82. The van der Waals surface area contributed by atoms with Gasteiger partial charge in [-0.1, -0.05) is 12.7 Å². The second-order valence-electron chi connectivity index (χ2n) is 9.01. The maximum absolute atomic E-state index is 14.1. The van der Waals surface area contributed by atoms with Crippen LogP contribution in [-0.2, 0) is 0 Å². The van der Waals surface area contributed by atoms with Gasteiger partial charge in [0.25, 0.3) is 0 Å². The van der Waals surface area contributed by atoms with E-state index in [1.807, 2.05) is 75.6 Å². The summed E-state index contributed by atoms with van der Waals surface area (Å²) in [5.74, 6) is -0.279. The van der Waals surface area contributed by atoms with E-state index in [0.717, 1.165) is 66.5 Å². The Morgan fingerprint density at radius 2 is 1.92 bits per heavy atom. The molecule has 4 aromatic heterocycles. The number of rotatable bonds is 5. The molecule has 0 spiro atoms. The van der Waals surface area contributed by atoms with Crippen molar-refractivity contribution < 1.29 is 4.39 Å². The molecule has 6 nitrogen and oxygen atoms in total. The van der Waals surface area contributed by atoms with Crippen LogP contribution in [0.15, 0.2) is 61.6 Å². The highest BCUT2D eigenvalue weighted by molar-refractivity contribution is 5.96. The minimum atomic E-state index is -0.279. The molecule has 180 valence electrons. The highest BCUT2D eigenvalue weighted by Crippen LogP contribution is 2.30. The molecule has 36 heavy (non-hydrogen) atoms. The van der Waals surface area contributed by atoms with E-state index in [1.54, 1.807) is 6.20 Å². The van der Waals surface area contributed by atoms with E-state index in [4.69, 9.17) is 0 Å². The van der Waals surface area contributed by atoms with Crippen molar-refractivity contribution in [2.45, 2.75) is 13.8 Å². The van der Waals surface area contributed by atoms with E-state index < -0.39 is 0 Å². The first-order valence-electron chi connectivity index (χ1n) is 11.6. The molecule has 0 fully saturated rings. The Morgan fingerprint density at radius 3 is 2.67 bits per heavy atom. The molecule has 5 aromatic rings. The van der Waals surface area contributed by atoms with Crippen molar-refractivity contribution in [2.24, 2.45) is 0 Å². The van der Waals surface area contributed by atoms with E-state index in [1.165, 1.54) is 12.1 Å². The number of benzene rings is 1. The molecular formula is C29H27FN6. The normalized spacial score (nSPS) is 12.5. The van der Waals surface area contributed by atoms with Crippen LogP contribution in [-0.4, -0.2) is 39.2 Å². The van der Waals surface area contributed by atoms with E-state index >= 15 is 0 Å². The zero-order valence-corrected chi connectivity index (χ0v) is 20.7. The number of anilines is 1. The maximum Gasteiger partial charge on any atom is 0.124 e. The number of H-pyrrole nitrogens is 2. The first-order chi connectivity index (χ1) is 17.3. The van der Waals surface area contributed by atoms with Gasteiger partial charge in [-0.15, -0.1) is 0 Å². The van der Waals surface area contributed by atoms with E-state index in [2.05, 4.69) is 37.8 Å². The molecule has 0 saturated heterocycles. The fourth-order valence-corrected chi connectivity index (χ4v) is 4.33. The third-order valence-electron chi connectivity index (χ3n) is 6.17. The lowest BCUT2D eigenvalue weighted by atomic mass is 10.0. The van der Waals surface area contributed by atoms with Crippen molar-refractivity contribution in [3.8, 4) is 22.6 Å². The summed E-state index contributed by atoms with van der Waals surface area (Å²) in [6.45, 7) is 8.14. The molecule has 0 unspecified atom stereocenters. The second-order valence-corrected chi connectivity index (χ2v) is 9.01. The van der Waals surface area contributed by atoms with Crippen molar-refractivity contribution in [1.82, 2.24) is 25.1 Å².